The maximum atomic E-state index is 13.0. The molecular weight excluding hydrogens is 440 g/mol. The van der Waals surface area contributed by atoms with Crippen molar-refractivity contribution in [2.24, 2.45) is 0 Å². The molecule has 35 heavy (non-hydrogen) atoms. The number of hydrogen-bond donors (Lipinski definition) is 1. The number of amides is 1. The first-order valence-corrected chi connectivity index (χ1v) is 12.0. The molecule has 7 nitrogen and oxygen atoms in total. The van der Waals surface area contributed by atoms with Gasteiger partial charge in [0.2, 0.25) is 0 Å². The molecule has 0 spiro atoms. The minimum Gasteiger partial charge on any atom is -0.481 e. The highest BCUT2D eigenvalue weighted by atomic mass is 16.4. The van der Waals surface area contributed by atoms with Gasteiger partial charge in [0.25, 0.3) is 5.91 Å². The predicted molar refractivity (Wildman–Crippen MR) is 133 cm³/mol. The van der Waals surface area contributed by atoms with Crippen molar-refractivity contribution in [1.29, 1.82) is 0 Å². The van der Waals surface area contributed by atoms with Crippen molar-refractivity contribution in [3.63, 3.8) is 0 Å². The lowest BCUT2D eigenvalue weighted by Crippen LogP contribution is -2.36. The molecule has 1 aromatic heterocycles. The lowest BCUT2D eigenvalue weighted by Gasteiger charge is -2.30. The molecule has 1 aliphatic rings. The Kier molecular flexibility index (Phi) is 6.07. The third-order valence-corrected chi connectivity index (χ3v) is 6.99. The highest BCUT2D eigenvalue weighted by Crippen LogP contribution is 2.35. The molecule has 4 aromatic rings. The normalized spacial score (nSPS) is 14.1. The molecular formula is C28H28N4O3. The van der Waals surface area contributed by atoms with Gasteiger partial charge in [-0.3, -0.25) is 9.59 Å². The summed E-state index contributed by atoms with van der Waals surface area (Å²) in [5, 5.41) is 18.3. The lowest BCUT2D eigenvalue weighted by molar-refractivity contribution is -0.137. The summed E-state index contributed by atoms with van der Waals surface area (Å²) in [6.45, 7) is 5.90. The summed E-state index contributed by atoms with van der Waals surface area (Å²) in [5.74, 6) is -1.16. The third-order valence-electron chi connectivity index (χ3n) is 6.99. The number of aryl methyl sites for hydroxylation is 2. The van der Waals surface area contributed by atoms with E-state index in [1.165, 1.54) is 5.56 Å². The van der Waals surface area contributed by atoms with Crippen LogP contribution >= 0.6 is 0 Å². The zero-order chi connectivity index (χ0) is 24.5. The molecule has 1 N–H and O–H groups in total. The molecule has 3 aromatic carbocycles. The van der Waals surface area contributed by atoms with Crippen LogP contribution in [0.4, 0.5) is 0 Å². The van der Waals surface area contributed by atoms with Gasteiger partial charge in [-0.05, 0) is 66.3 Å². The van der Waals surface area contributed by atoms with E-state index in [1.54, 1.807) is 0 Å². The fraction of sp³-hybridized carbons (Fsp3) is 0.286. The van der Waals surface area contributed by atoms with E-state index >= 15 is 0 Å². The zero-order valence-corrected chi connectivity index (χ0v) is 19.9. The molecule has 0 fully saturated rings. The minimum absolute atomic E-state index is 0.0176. The molecule has 178 valence electrons. The van der Waals surface area contributed by atoms with E-state index in [1.807, 2.05) is 72.0 Å². The Balaban J connectivity index is 1.50. The highest BCUT2D eigenvalue weighted by Gasteiger charge is 2.26. The van der Waals surface area contributed by atoms with Crippen molar-refractivity contribution in [1.82, 2.24) is 19.9 Å². The smallest absolute Gasteiger partial charge is 0.304 e. The number of nitrogens with zero attached hydrogens (tertiary/aromatic N) is 4. The number of carbonyl (C=O) groups is 2. The van der Waals surface area contributed by atoms with Gasteiger partial charge in [0.05, 0.1) is 11.9 Å². The summed E-state index contributed by atoms with van der Waals surface area (Å²) in [6, 6.07) is 19.5. The SMILES string of the molecule is CCn1nnc2c(C)c([C@H](CC(=O)O)c3ccc4c(c3)CN(C(=O)c3ccccc3)CC4)ccc21. The average molecular weight is 469 g/mol. The van der Waals surface area contributed by atoms with Crippen LogP contribution in [0.5, 0.6) is 0 Å². The number of carboxylic acids is 1. The summed E-state index contributed by atoms with van der Waals surface area (Å²) < 4.78 is 1.84. The maximum Gasteiger partial charge on any atom is 0.304 e. The molecule has 1 amide bonds. The third kappa shape index (κ3) is 4.30. The van der Waals surface area contributed by atoms with Crippen LogP contribution in [0.25, 0.3) is 11.0 Å². The quantitative estimate of drug-likeness (QED) is 0.448. The number of carbonyl (C=O) groups excluding carboxylic acids is 1. The molecule has 0 aliphatic carbocycles. The Morgan fingerprint density at radius 3 is 2.60 bits per heavy atom. The summed E-state index contributed by atoms with van der Waals surface area (Å²) in [5.41, 5.74) is 7.54. The van der Waals surface area contributed by atoms with Crippen molar-refractivity contribution in [3.05, 3.63) is 94.0 Å². The molecule has 5 rings (SSSR count). The second kappa shape index (κ2) is 9.33. The van der Waals surface area contributed by atoms with Crippen LogP contribution in [-0.2, 0) is 24.3 Å². The minimum atomic E-state index is -0.856. The molecule has 0 saturated heterocycles. The highest BCUT2D eigenvalue weighted by molar-refractivity contribution is 5.94. The zero-order valence-electron chi connectivity index (χ0n) is 19.9. The molecule has 0 saturated carbocycles. The number of aromatic nitrogens is 3. The van der Waals surface area contributed by atoms with Gasteiger partial charge in [-0.2, -0.15) is 0 Å². The van der Waals surface area contributed by atoms with Crippen molar-refractivity contribution < 1.29 is 14.7 Å². The van der Waals surface area contributed by atoms with Crippen molar-refractivity contribution in [2.75, 3.05) is 6.54 Å². The fourth-order valence-corrected chi connectivity index (χ4v) is 5.11. The van der Waals surface area contributed by atoms with E-state index in [9.17, 15) is 14.7 Å². The van der Waals surface area contributed by atoms with Crippen molar-refractivity contribution >= 4 is 22.9 Å². The first kappa shape index (κ1) is 22.8. The Bertz CT molecular complexity index is 1410. The number of aliphatic carboxylic acids is 1. The van der Waals surface area contributed by atoms with Crippen molar-refractivity contribution in [2.45, 2.75) is 45.7 Å². The standard InChI is InChI=1S/C28H28N4O3/c1-3-32-25-12-11-23(18(2)27(25)29-30-32)24(16-26(33)34)21-10-9-19-13-14-31(17-22(19)15-21)28(35)20-7-5-4-6-8-20/h4-12,15,24H,3,13-14,16-17H2,1-2H3,(H,33,34)/t24-/m1/s1. The average Bonchev–Trinajstić information content (AvgIpc) is 3.31. The van der Waals surface area contributed by atoms with Crippen LogP contribution in [0.1, 0.15) is 57.4 Å². The molecule has 1 aliphatic heterocycles. The summed E-state index contributed by atoms with van der Waals surface area (Å²) in [6.07, 6.45) is 0.753. The van der Waals surface area contributed by atoms with Gasteiger partial charge in [-0.1, -0.05) is 47.7 Å². The van der Waals surface area contributed by atoms with Crippen LogP contribution in [0.2, 0.25) is 0 Å². The van der Waals surface area contributed by atoms with E-state index < -0.39 is 5.97 Å². The molecule has 0 unspecified atom stereocenters. The summed E-state index contributed by atoms with van der Waals surface area (Å²) >= 11 is 0. The Labute approximate surface area is 204 Å². The number of benzene rings is 3. The Morgan fingerprint density at radius 1 is 1.06 bits per heavy atom. The molecule has 0 bridgehead atoms. The molecule has 7 heteroatoms. The Morgan fingerprint density at radius 2 is 1.86 bits per heavy atom. The molecule has 2 heterocycles. The molecule has 1 atom stereocenters. The lowest BCUT2D eigenvalue weighted by atomic mass is 9.83. The van der Waals surface area contributed by atoms with Gasteiger partial charge >= 0.3 is 5.97 Å². The number of rotatable bonds is 6. The fourth-order valence-electron chi connectivity index (χ4n) is 5.11. The second-order valence-electron chi connectivity index (χ2n) is 9.07. The summed E-state index contributed by atoms with van der Waals surface area (Å²) in [4.78, 5) is 26.8. The monoisotopic (exact) mass is 468 g/mol. The number of fused-ring (bicyclic) bond motifs is 2. The van der Waals surface area contributed by atoms with Gasteiger partial charge < -0.3 is 10.0 Å². The Hall–Kier alpha value is -4.00. The first-order valence-electron chi connectivity index (χ1n) is 12.0. The van der Waals surface area contributed by atoms with Gasteiger partial charge in [-0.15, -0.1) is 5.10 Å². The first-order chi connectivity index (χ1) is 17.0. The van der Waals surface area contributed by atoms with Crippen LogP contribution in [-0.4, -0.2) is 43.4 Å². The summed E-state index contributed by atoms with van der Waals surface area (Å²) in [7, 11) is 0. The van der Waals surface area contributed by atoms with Gasteiger partial charge in [-0.25, -0.2) is 4.68 Å². The van der Waals surface area contributed by atoms with Gasteiger partial charge in [0.15, 0.2) is 0 Å². The van der Waals surface area contributed by atoms with Gasteiger partial charge in [0, 0.05) is 31.1 Å². The second-order valence-corrected chi connectivity index (χ2v) is 9.07. The van der Waals surface area contributed by atoms with Crippen LogP contribution in [0.15, 0.2) is 60.7 Å². The predicted octanol–water partition coefficient (Wildman–Crippen LogP) is 4.56. The number of hydrogen-bond acceptors (Lipinski definition) is 4. The van der Waals surface area contributed by atoms with Crippen LogP contribution in [0, 0.1) is 6.92 Å². The van der Waals surface area contributed by atoms with Gasteiger partial charge in [0.1, 0.15) is 5.52 Å². The number of carboxylic acid groups (broad SMARTS) is 1. The largest absolute Gasteiger partial charge is 0.481 e. The topological polar surface area (TPSA) is 88.3 Å². The van der Waals surface area contributed by atoms with Crippen LogP contribution in [0.3, 0.4) is 0 Å². The van der Waals surface area contributed by atoms with E-state index in [0.29, 0.717) is 18.7 Å². The molecule has 0 radical (unpaired) electrons. The van der Waals surface area contributed by atoms with Crippen molar-refractivity contribution in [3.8, 4) is 0 Å². The van der Waals surface area contributed by atoms with E-state index in [0.717, 1.165) is 46.3 Å². The van der Waals surface area contributed by atoms with E-state index in [-0.39, 0.29) is 18.2 Å². The van der Waals surface area contributed by atoms with E-state index in [2.05, 4.69) is 22.4 Å². The van der Waals surface area contributed by atoms with E-state index in [4.69, 9.17) is 0 Å². The van der Waals surface area contributed by atoms with Crippen LogP contribution < -0.4 is 0 Å². The maximum absolute atomic E-state index is 13.0.